The zero-order chi connectivity index (χ0) is 20.0. The molecule has 1 aliphatic rings. The lowest BCUT2D eigenvalue weighted by molar-refractivity contribution is -0.117. The molecule has 142 valence electrons. The third kappa shape index (κ3) is 5.04. The van der Waals surface area contributed by atoms with Gasteiger partial charge >= 0.3 is 0 Å². The highest BCUT2D eigenvalue weighted by molar-refractivity contribution is 5.93. The molecule has 1 aliphatic carbocycles. The van der Waals surface area contributed by atoms with E-state index in [4.69, 9.17) is 5.26 Å². The lowest BCUT2D eigenvalue weighted by atomic mass is 10.1. The van der Waals surface area contributed by atoms with Gasteiger partial charge in [0.25, 0.3) is 0 Å². The highest BCUT2D eigenvalue weighted by Crippen LogP contribution is 2.47. The summed E-state index contributed by atoms with van der Waals surface area (Å²) in [7, 11) is 0. The molecule has 27 heavy (non-hydrogen) atoms. The van der Waals surface area contributed by atoms with Gasteiger partial charge in [0.05, 0.1) is 22.7 Å². The highest BCUT2D eigenvalue weighted by Gasteiger charge is 2.44. The molecule has 3 atom stereocenters. The first-order valence-corrected chi connectivity index (χ1v) is 9.22. The lowest BCUT2D eigenvalue weighted by Gasteiger charge is -2.02. The SMILES string of the molecule is C/C=c1/nc(NC(=O)C2CC2c2cccc(F)c2)[nH]/c1=C/C(C)C#N.CC. The molecule has 1 fully saturated rings. The van der Waals surface area contributed by atoms with E-state index in [1.807, 2.05) is 32.9 Å². The van der Waals surface area contributed by atoms with Crippen LogP contribution >= 0.6 is 0 Å². The normalized spacial score (nSPS) is 20.3. The van der Waals surface area contributed by atoms with Crippen LogP contribution in [-0.4, -0.2) is 15.9 Å². The van der Waals surface area contributed by atoms with Crippen LogP contribution in [0.1, 0.15) is 45.6 Å². The number of benzene rings is 1. The fourth-order valence-corrected chi connectivity index (χ4v) is 2.89. The Balaban J connectivity index is 0.00000126. The number of carbonyl (C=O) groups is 1. The number of aromatic amines is 1. The van der Waals surface area contributed by atoms with Gasteiger partial charge in [-0.15, -0.1) is 0 Å². The first-order valence-electron chi connectivity index (χ1n) is 9.22. The number of nitriles is 1. The number of carbonyl (C=O) groups excluding carboxylic acids is 1. The molecule has 0 bridgehead atoms. The molecule has 1 aromatic heterocycles. The Morgan fingerprint density at radius 1 is 1.48 bits per heavy atom. The van der Waals surface area contributed by atoms with E-state index < -0.39 is 0 Å². The monoisotopic (exact) mass is 368 g/mol. The third-order valence-corrected chi connectivity index (χ3v) is 4.30. The Labute approximate surface area is 158 Å². The van der Waals surface area contributed by atoms with Crippen molar-refractivity contribution in [1.82, 2.24) is 9.97 Å². The molecule has 6 heteroatoms. The van der Waals surface area contributed by atoms with Gasteiger partial charge in [0.1, 0.15) is 5.82 Å². The minimum Gasteiger partial charge on any atom is -0.324 e. The topological polar surface area (TPSA) is 81.6 Å². The summed E-state index contributed by atoms with van der Waals surface area (Å²) >= 11 is 0. The maximum Gasteiger partial charge on any atom is 0.230 e. The Morgan fingerprint density at radius 3 is 2.85 bits per heavy atom. The zero-order valence-corrected chi connectivity index (χ0v) is 16.1. The van der Waals surface area contributed by atoms with Gasteiger partial charge in [0.15, 0.2) is 0 Å². The van der Waals surface area contributed by atoms with Gasteiger partial charge < -0.3 is 4.98 Å². The molecular weight excluding hydrogens is 343 g/mol. The lowest BCUT2D eigenvalue weighted by Crippen LogP contribution is -2.24. The van der Waals surface area contributed by atoms with E-state index in [2.05, 4.69) is 21.4 Å². The van der Waals surface area contributed by atoms with Crippen LogP contribution < -0.4 is 16.0 Å². The largest absolute Gasteiger partial charge is 0.324 e. The minimum atomic E-state index is -0.287. The van der Waals surface area contributed by atoms with E-state index in [-0.39, 0.29) is 29.5 Å². The van der Waals surface area contributed by atoms with E-state index in [0.717, 1.165) is 5.56 Å². The van der Waals surface area contributed by atoms with Gasteiger partial charge in [0.2, 0.25) is 11.9 Å². The van der Waals surface area contributed by atoms with Crippen molar-refractivity contribution in [3.05, 3.63) is 46.3 Å². The minimum absolute atomic E-state index is 0.0486. The van der Waals surface area contributed by atoms with Crippen molar-refractivity contribution in [2.45, 2.75) is 40.0 Å². The average Bonchev–Trinajstić information content (AvgIpc) is 3.40. The molecule has 5 nitrogen and oxygen atoms in total. The van der Waals surface area contributed by atoms with Crippen LogP contribution in [0.2, 0.25) is 0 Å². The molecule has 0 spiro atoms. The van der Waals surface area contributed by atoms with Crippen LogP contribution in [0, 0.1) is 29.0 Å². The van der Waals surface area contributed by atoms with Crippen LogP contribution in [0.5, 0.6) is 0 Å². The van der Waals surface area contributed by atoms with E-state index in [1.54, 1.807) is 19.1 Å². The molecule has 3 unspecified atom stereocenters. The summed E-state index contributed by atoms with van der Waals surface area (Å²) in [5.74, 6) is -0.447. The van der Waals surface area contributed by atoms with Crippen LogP contribution in [0.3, 0.4) is 0 Å². The van der Waals surface area contributed by atoms with Gasteiger partial charge in [-0.25, -0.2) is 9.37 Å². The standard InChI is InChI=1S/C19H19FN4O.C2H6/c1-3-16-17(7-11(2)10-21)23-19(22-16)24-18(25)15-9-14(15)12-5-4-6-13(20)8-12;1-2/h3-8,11,14-15H,9H2,1-2H3,(H2,22,23,24,25);1-2H3/b16-3+,17-7+;. The summed E-state index contributed by atoms with van der Waals surface area (Å²) in [5, 5.41) is 13.1. The summed E-state index contributed by atoms with van der Waals surface area (Å²) in [4.78, 5) is 19.8. The average molecular weight is 368 g/mol. The number of halogens is 1. The van der Waals surface area contributed by atoms with Crippen molar-refractivity contribution >= 4 is 24.0 Å². The molecule has 1 aromatic carbocycles. The summed E-state index contributed by atoms with van der Waals surface area (Å²) in [6, 6.07) is 8.51. The van der Waals surface area contributed by atoms with Crippen molar-refractivity contribution in [3.63, 3.8) is 0 Å². The number of amides is 1. The fourth-order valence-electron chi connectivity index (χ4n) is 2.89. The van der Waals surface area contributed by atoms with E-state index in [1.165, 1.54) is 12.1 Å². The molecule has 0 aliphatic heterocycles. The van der Waals surface area contributed by atoms with Crippen LogP contribution in [0.25, 0.3) is 12.2 Å². The molecule has 0 radical (unpaired) electrons. The second kappa shape index (κ2) is 9.13. The maximum atomic E-state index is 13.3. The number of nitrogens with zero attached hydrogens (tertiary/aromatic N) is 2. The molecule has 2 aromatic rings. The zero-order valence-electron chi connectivity index (χ0n) is 16.1. The Bertz CT molecular complexity index is 957. The number of H-pyrrole nitrogens is 1. The number of hydrogen-bond acceptors (Lipinski definition) is 3. The Morgan fingerprint density at radius 2 is 2.22 bits per heavy atom. The van der Waals surface area contributed by atoms with E-state index in [0.29, 0.717) is 23.1 Å². The number of nitrogens with one attached hydrogen (secondary N) is 2. The van der Waals surface area contributed by atoms with Gasteiger partial charge in [-0.05, 0) is 50.0 Å². The predicted molar refractivity (Wildman–Crippen MR) is 104 cm³/mol. The highest BCUT2D eigenvalue weighted by atomic mass is 19.1. The van der Waals surface area contributed by atoms with Crippen LogP contribution in [-0.2, 0) is 4.79 Å². The molecule has 2 N–H and O–H groups in total. The maximum absolute atomic E-state index is 13.3. The van der Waals surface area contributed by atoms with Crippen molar-refractivity contribution in [2.75, 3.05) is 5.32 Å². The first kappa shape index (κ1) is 20.4. The Kier molecular flexibility index (Phi) is 6.89. The molecule has 0 saturated heterocycles. The van der Waals surface area contributed by atoms with Crippen molar-refractivity contribution in [2.24, 2.45) is 11.8 Å². The van der Waals surface area contributed by atoms with Crippen molar-refractivity contribution < 1.29 is 9.18 Å². The summed E-state index contributed by atoms with van der Waals surface area (Å²) in [6.07, 6.45) is 4.28. The first-order chi connectivity index (χ1) is 13.0. The number of aromatic nitrogens is 2. The molecule has 3 rings (SSSR count). The number of rotatable bonds is 4. The van der Waals surface area contributed by atoms with Gasteiger partial charge in [0, 0.05) is 5.92 Å². The summed E-state index contributed by atoms with van der Waals surface area (Å²) < 4.78 is 13.3. The molecular formula is C21H25FN4O. The van der Waals surface area contributed by atoms with Crippen molar-refractivity contribution in [3.8, 4) is 6.07 Å². The predicted octanol–water partition coefficient (Wildman–Crippen LogP) is 3.06. The third-order valence-electron chi connectivity index (χ3n) is 4.30. The smallest absolute Gasteiger partial charge is 0.230 e. The Hall–Kier alpha value is -2.94. The number of anilines is 1. The summed E-state index contributed by atoms with van der Waals surface area (Å²) in [5.41, 5.74) is 0.846. The van der Waals surface area contributed by atoms with Gasteiger partial charge in [-0.1, -0.05) is 32.1 Å². The van der Waals surface area contributed by atoms with Crippen LogP contribution in [0.4, 0.5) is 10.3 Å². The second-order valence-corrected chi connectivity index (χ2v) is 6.25. The quantitative estimate of drug-likeness (QED) is 0.870. The summed E-state index contributed by atoms with van der Waals surface area (Å²) in [6.45, 7) is 7.63. The van der Waals surface area contributed by atoms with Gasteiger partial charge in [-0.2, -0.15) is 5.26 Å². The number of hydrogen-bond donors (Lipinski definition) is 2. The van der Waals surface area contributed by atoms with Gasteiger partial charge in [-0.3, -0.25) is 10.1 Å². The van der Waals surface area contributed by atoms with Crippen LogP contribution in [0.15, 0.2) is 24.3 Å². The number of imidazole rings is 1. The van der Waals surface area contributed by atoms with E-state index >= 15 is 0 Å². The van der Waals surface area contributed by atoms with E-state index in [9.17, 15) is 9.18 Å². The second-order valence-electron chi connectivity index (χ2n) is 6.25. The van der Waals surface area contributed by atoms with Crippen molar-refractivity contribution in [1.29, 1.82) is 5.26 Å². The molecule has 1 heterocycles. The molecule has 1 amide bonds. The fraction of sp³-hybridized carbons (Fsp3) is 0.381. The molecule has 1 saturated carbocycles.